The average Bonchev–Trinajstić information content (AvgIpc) is 2.16. The van der Waals surface area contributed by atoms with Gasteiger partial charge in [0.25, 0.3) is 0 Å². The number of nitrogens with two attached hydrogens (primary N) is 1. The maximum atomic E-state index is 11.0. The number of aliphatic hydroxyl groups is 2. The molecule has 0 heterocycles. The maximum absolute atomic E-state index is 11.0. The van der Waals surface area contributed by atoms with Crippen molar-refractivity contribution in [1.82, 2.24) is 0 Å². The molecule has 0 aromatic rings. The van der Waals surface area contributed by atoms with E-state index < -0.39 is 29.9 Å². The molecule has 100 valence electrons. The maximum Gasteiger partial charge on any atom is 0.356 e. The zero-order valence-corrected chi connectivity index (χ0v) is 10.1. The lowest BCUT2D eigenvalue weighted by molar-refractivity contribution is -0.180. The van der Waals surface area contributed by atoms with Crippen LogP contribution in [0.3, 0.4) is 0 Å². The SMILES string of the molecule is C=CC(=O)O.CC(C)(C)OC(=O)C(N)(O)CO. The Hall–Kier alpha value is -1.44. The van der Waals surface area contributed by atoms with Gasteiger partial charge in [-0.3, -0.25) is 5.73 Å². The summed E-state index contributed by atoms with van der Waals surface area (Å²) in [5, 5.41) is 25.1. The molecule has 0 saturated heterocycles. The molecule has 0 aromatic carbocycles. The van der Waals surface area contributed by atoms with Crippen molar-refractivity contribution in [3.8, 4) is 0 Å². The van der Waals surface area contributed by atoms with Crippen LogP contribution in [0.2, 0.25) is 0 Å². The molecular formula is C10H19NO6. The van der Waals surface area contributed by atoms with Gasteiger partial charge in [-0.05, 0) is 20.8 Å². The molecule has 5 N–H and O–H groups in total. The zero-order chi connectivity index (χ0) is 14.3. The van der Waals surface area contributed by atoms with Gasteiger partial charge < -0.3 is 20.1 Å². The molecule has 0 rings (SSSR count). The molecule has 1 atom stereocenters. The van der Waals surface area contributed by atoms with Gasteiger partial charge in [-0.2, -0.15) is 0 Å². The standard InChI is InChI=1S/C7H15NO4.C3H4O2/c1-6(2,3)12-5(10)7(8,11)4-9;1-2-3(4)5/h9,11H,4,8H2,1-3H3;2H,1H2,(H,4,5). The van der Waals surface area contributed by atoms with E-state index in [0.717, 1.165) is 6.08 Å². The average molecular weight is 249 g/mol. The van der Waals surface area contributed by atoms with Crippen LogP contribution in [-0.4, -0.2) is 45.2 Å². The van der Waals surface area contributed by atoms with Crippen LogP contribution in [0, 0.1) is 0 Å². The third-order valence-electron chi connectivity index (χ3n) is 1.17. The predicted molar refractivity (Wildman–Crippen MR) is 59.9 cm³/mol. The summed E-state index contributed by atoms with van der Waals surface area (Å²) in [6.45, 7) is 7.01. The molecular weight excluding hydrogens is 230 g/mol. The highest BCUT2D eigenvalue weighted by molar-refractivity contribution is 5.79. The summed E-state index contributed by atoms with van der Waals surface area (Å²) in [6, 6.07) is 0. The Morgan fingerprint density at radius 1 is 1.41 bits per heavy atom. The third kappa shape index (κ3) is 10.8. The molecule has 7 heteroatoms. The van der Waals surface area contributed by atoms with Crippen molar-refractivity contribution in [3.63, 3.8) is 0 Å². The number of carbonyl (C=O) groups excluding carboxylic acids is 1. The van der Waals surface area contributed by atoms with E-state index in [-0.39, 0.29) is 0 Å². The molecule has 0 aliphatic carbocycles. The topological polar surface area (TPSA) is 130 Å². The number of carbonyl (C=O) groups is 2. The van der Waals surface area contributed by atoms with Crippen molar-refractivity contribution >= 4 is 11.9 Å². The number of aliphatic carboxylic acids is 1. The van der Waals surface area contributed by atoms with E-state index in [2.05, 4.69) is 6.58 Å². The van der Waals surface area contributed by atoms with E-state index in [1.54, 1.807) is 20.8 Å². The Labute approximate surface area is 99.5 Å². The second-order valence-electron chi connectivity index (χ2n) is 4.13. The largest absolute Gasteiger partial charge is 0.478 e. The number of rotatable bonds is 3. The van der Waals surface area contributed by atoms with Crippen molar-refractivity contribution < 1.29 is 29.6 Å². The lowest BCUT2D eigenvalue weighted by Gasteiger charge is -2.25. The first-order valence-corrected chi connectivity index (χ1v) is 4.67. The lowest BCUT2D eigenvalue weighted by atomic mass is 10.2. The Bertz CT molecular complexity index is 279. The van der Waals surface area contributed by atoms with Gasteiger partial charge in [0.15, 0.2) is 0 Å². The van der Waals surface area contributed by atoms with Crippen molar-refractivity contribution in [3.05, 3.63) is 12.7 Å². The molecule has 0 aliphatic heterocycles. The van der Waals surface area contributed by atoms with Crippen LogP contribution in [0.4, 0.5) is 0 Å². The van der Waals surface area contributed by atoms with Gasteiger partial charge in [-0.25, -0.2) is 9.59 Å². The highest BCUT2D eigenvalue weighted by Gasteiger charge is 2.34. The lowest BCUT2D eigenvalue weighted by Crippen LogP contribution is -2.53. The first-order chi connectivity index (χ1) is 7.46. The molecule has 0 aromatic heterocycles. The fraction of sp³-hybridized carbons (Fsp3) is 0.600. The van der Waals surface area contributed by atoms with Crippen LogP contribution < -0.4 is 5.73 Å². The molecule has 0 aliphatic rings. The van der Waals surface area contributed by atoms with Crippen molar-refractivity contribution in [1.29, 1.82) is 0 Å². The van der Waals surface area contributed by atoms with Gasteiger partial charge in [0, 0.05) is 6.08 Å². The Kier molecular flexibility index (Phi) is 7.38. The fourth-order valence-corrected chi connectivity index (χ4v) is 0.431. The summed E-state index contributed by atoms with van der Waals surface area (Å²) < 4.78 is 4.72. The molecule has 0 spiro atoms. The fourth-order valence-electron chi connectivity index (χ4n) is 0.431. The van der Waals surface area contributed by atoms with E-state index in [1.165, 1.54) is 0 Å². The third-order valence-corrected chi connectivity index (χ3v) is 1.17. The minimum absolute atomic E-state index is 0.723. The smallest absolute Gasteiger partial charge is 0.356 e. The summed E-state index contributed by atoms with van der Waals surface area (Å²) >= 11 is 0. The van der Waals surface area contributed by atoms with E-state index in [1.807, 2.05) is 0 Å². The predicted octanol–water partition coefficient (Wildman–Crippen LogP) is -0.775. The van der Waals surface area contributed by atoms with E-state index in [4.69, 9.17) is 25.8 Å². The van der Waals surface area contributed by atoms with E-state index >= 15 is 0 Å². The molecule has 7 nitrogen and oxygen atoms in total. The Morgan fingerprint density at radius 2 is 1.76 bits per heavy atom. The number of carboxylic acid groups (broad SMARTS) is 1. The molecule has 0 radical (unpaired) electrons. The molecule has 0 saturated carbocycles. The molecule has 0 fully saturated rings. The van der Waals surface area contributed by atoms with Crippen molar-refractivity contribution in [2.45, 2.75) is 32.1 Å². The normalized spacial score (nSPS) is 13.8. The minimum atomic E-state index is -2.30. The van der Waals surface area contributed by atoms with Crippen LogP contribution in [-0.2, 0) is 14.3 Å². The van der Waals surface area contributed by atoms with Gasteiger partial charge in [0.1, 0.15) is 5.60 Å². The van der Waals surface area contributed by atoms with E-state index in [0.29, 0.717) is 0 Å². The summed E-state index contributed by atoms with van der Waals surface area (Å²) in [6.07, 6.45) is 0.833. The van der Waals surface area contributed by atoms with Gasteiger partial charge in [0.05, 0.1) is 6.61 Å². The van der Waals surface area contributed by atoms with Crippen molar-refractivity contribution in [2.75, 3.05) is 6.61 Å². The molecule has 17 heavy (non-hydrogen) atoms. The minimum Gasteiger partial charge on any atom is -0.478 e. The highest BCUT2D eigenvalue weighted by atomic mass is 16.6. The van der Waals surface area contributed by atoms with Crippen LogP contribution in [0.5, 0.6) is 0 Å². The highest BCUT2D eigenvalue weighted by Crippen LogP contribution is 2.10. The van der Waals surface area contributed by atoms with Crippen LogP contribution in [0.15, 0.2) is 12.7 Å². The van der Waals surface area contributed by atoms with Crippen LogP contribution >= 0.6 is 0 Å². The van der Waals surface area contributed by atoms with Gasteiger partial charge in [0.2, 0.25) is 5.72 Å². The van der Waals surface area contributed by atoms with Gasteiger partial charge in [-0.15, -0.1) is 0 Å². The van der Waals surface area contributed by atoms with Crippen LogP contribution in [0.1, 0.15) is 20.8 Å². The first kappa shape index (κ1) is 17.9. The summed E-state index contributed by atoms with van der Waals surface area (Å²) in [7, 11) is 0. The number of esters is 1. The second kappa shape index (κ2) is 7.00. The Balaban J connectivity index is 0. The number of hydrogen-bond acceptors (Lipinski definition) is 6. The van der Waals surface area contributed by atoms with Crippen LogP contribution in [0.25, 0.3) is 0 Å². The molecule has 0 bridgehead atoms. The quantitative estimate of drug-likeness (QED) is 0.293. The van der Waals surface area contributed by atoms with Gasteiger partial charge >= 0.3 is 11.9 Å². The number of carboxylic acids is 1. The summed E-state index contributed by atoms with van der Waals surface area (Å²) in [5.74, 6) is -2.01. The summed E-state index contributed by atoms with van der Waals surface area (Å²) in [5.41, 5.74) is 1.98. The van der Waals surface area contributed by atoms with Crippen molar-refractivity contribution in [2.24, 2.45) is 5.73 Å². The summed E-state index contributed by atoms with van der Waals surface area (Å²) in [4.78, 5) is 20.2. The Morgan fingerprint density at radius 3 is 1.94 bits per heavy atom. The van der Waals surface area contributed by atoms with Gasteiger partial charge in [-0.1, -0.05) is 6.58 Å². The number of aliphatic hydroxyl groups excluding tert-OH is 1. The number of ether oxygens (including phenoxy) is 1. The van der Waals surface area contributed by atoms with E-state index in [9.17, 15) is 9.59 Å². The monoisotopic (exact) mass is 249 g/mol. The second-order valence-corrected chi connectivity index (χ2v) is 4.13. The zero-order valence-electron chi connectivity index (χ0n) is 10.1. The first-order valence-electron chi connectivity index (χ1n) is 4.67. The molecule has 0 amide bonds. The number of hydrogen-bond donors (Lipinski definition) is 4. The molecule has 1 unspecified atom stereocenters.